The summed E-state index contributed by atoms with van der Waals surface area (Å²) in [6.45, 7) is 4.65. The third-order valence-corrected chi connectivity index (χ3v) is 7.92. The van der Waals surface area contributed by atoms with E-state index in [1.54, 1.807) is 0 Å². The van der Waals surface area contributed by atoms with Crippen LogP contribution in [0.2, 0.25) is 0 Å². The van der Waals surface area contributed by atoms with Gasteiger partial charge in [0.05, 0.1) is 3.79 Å². The summed E-state index contributed by atoms with van der Waals surface area (Å²) in [5.74, 6) is 0.847. The molecule has 2 aliphatic rings. The highest BCUT2D eigenvalue weighted by atomic mass is 79.9. The molecule has 0 amide bonds. The summed E-state index contributed by atoms with van der Waals surface area (Å²) in [5, 5.41) is 3.48. The predicted molar refractivity (Wildman–Crippen MR) is 93.5 cm³/mol. The first kappa shape index (κ1) is 15.5. The summed E-state index contributed by atoms with van der Waals surface area (Å²) in [7, 11) is 0. The Balaban J connectivity index is 1.85. The highest BCUT2D eigenvalue weighted by Crippen LogP contribution is 2.44. The second-order valence-electron chi connectivity index (χ2n) is 5.90. The zero-order chi connectivity index (χ0) is 13.9. The monoisotopic (exact) mass is 420 g/mol. The molecule has 112 valence electrons. The van der Waals surface area contributed by atoms with Gasteiger partial charge < -0.3 is 5.32 Å². The Bertz CT molecular complexity index is 400. The van der Waals surface area contributed by atoms with Crippen molar-refractivity contribution in [2.75, 3.05) is 26.2 Å². The lowest BCUT2D eigenvalue weighted by molar-refractivity contribution is 0.106. The van der Waals surface area contributed by atoms with E-state index in [0.29, 0.717) is 6.04 Å². The molecule has 0 unspecified atom stereocenters. The van der Waals surface area contributed by atoms with Crippen molar-refractivity contribution in [3.8, 4) is 0 Å². The van der Waals surface area contributed by atoms with Gasteiger partial charge >= 0.3 is 0 Å². The van der Waals surface area contributed by atoms with E-state index in [2.05, 4.69) is 48.1 Å². The summed E-state index contributed by atoms with van der Waals surface area (Å²) in [6.07, 6.45) is 7.08. The maximum atomic E-state index is 3.67. The first-order valence-electron chi connectivity index (χ1n) is 7.65. The molecule has 5 heteroatoms. The van der Waals surface area contributed by atoms with E-state index in [9.17, 15) is 0 Å². The Morgan fingerprint density at radius 1 is 1.15 bits per heavy atom. The summed E-state index contributed by atoms with van der Waals surface area (Å²) >= 11 is 9.26. The van der Waals surface area contributed by atoms with Gasteiger partial charge in [-0.15, -0.1) is 11.3 Å². The summed E-state index contributed by atoms with van der Waals surface area (Å²) in [5.41, 5.74) is 0. The van der Waals surface area contributed by atoms with Crippen LogP contribution in [0.1, 0.15) is 43.0 Å². The van der Waals surface area contributed by atoms with Crippen LogP contribution in [-0.2, 0) is 0 Å². The van der Waals surface area contributed by atoms with Crippen molar-refractivity contribution in [3.63, 3.8) is 0 Å². The average Bonchev–Trinajstić information content (AvgIpc) is 2.81. The van der Waals surface area contributed by atoms with E-state index in [1.807, 2.05) is 11.3 Å². The largest absolute Gasteiger partial charge is 0.314 e. The number of thiophene rings is 1. The number of hydrogen-bond donors (Lipinski definition) is 1. The van der Waals surface area contributed by atoms with Crippen LogP contribution in [0, 0.1) is 5.92 Å². The SMILES string of the molecule is Brc1cc([C@@H](C2CCCCC2)N2CCNCC2)sc1Br. The molecule has 1 aliphatic heterocycles. The highest BCUT2D eigenvalue weighted by molar-refractivity contribution is 9.13. The molecule has 3 rings (SSSR count). The Labute approximate surface area is 142 Å². The molecule has 1 saturated carbocycles. The van der Waals surface area contributed by atoms with Crippen molar-refractivity contribution >= 4 is 43.2 Å². The average molecular weight is 422 g/mol. The molecule has 2 heterocycles. The summed E-state index contributed by atoms with van der Waals surface area (Å²) in [6, 6.07) is 2.97. The molecule has 1 aromatic heterocycles. The lowest BCUT2D eigenvalue weighted by Gasteiger charge is -2.40. The number of nitrogens with one attached hydrogen (secondary N) is 1. The fourth-order valence-electron chi connectivity index (χ4n) is 3.63. The third-order valence-electron chi connectivity index (χ3n) is 4.60. The van der Waals surface area contributed by atoms with Crippen LogP contribution in [-0.4, -0.2) is 31.1 Å². The predicted octanol–water partition coefficient (Wildman–Crippen LogP) is 4.80. The van der Waals surface area contributed by atoms with Gasteiger partial charge in [0.1, 0.15) is 0 Å². The van der Waals surface area contributed by atoms with Crippen LogP contribution >= 0.6 is 43.2 Å². The van der Waals surface area contributed by atoms with Gasteiger partial charge in [-0.1, -0.05) is 19.3 Å². The van der Waals surface area contributed by atoms with Crippen LogP contribution in [0.3, 0.4) is 0 Å². The molecule has 1 atom stereocenters. The van der Waals surface area contributed by atoms with E-state index in [-0.39, 0.29) is 0 Å². The van der Waals surface area contributed by atoms with Crippen molar-refractivity contribution in [2.45, 2.75) is 38.1 Å². The van der Waals surface area contributed by atoms with Crippen molar-refractivity contribution in [1.29, 1.82) is 0 Å². The van der Waals surface area contributed by atoms with E-state index in [4.69, 9.17) is 0 Å². The van der Waals surface area contributed by atoms with Crippen molar-refractivity contribution in [3.05, 3.63) is 19.2 Å². The number of hydrogen-bond acceptors (Lipinski definition) is 3. The maximum Gasteiger partial charge on any atom is 0.0843 e. The van der Waals surface area contributed by atoms with Gasteiger partial charge in [-0.05, 0) is 56.7 Å². The van der Waals surface area contributed by atoms with Gasteiger partial charge in [-0.25, -0.2) is 0 Å². The molecular formula is C15H22Br2N2S. The zero-order valence-electron chi connectivity index (χ0n) is 11.7. The molecule has 0 radical (unpaired) electrons. The van der Waals surface area contributed by atoms with Crippen LogP contribution < -0.4 is 5.32 Å². The van der Waals surface area contributed by atoms with Crippen molar-refractivity contribution in [2.24, 2.45) is 5.92 Å². The second kappa shape index (κ2) is 7.23. The molecule has 1 aliphatic carbocycles. The van der Waals surface area contributed by atoms with Crippen LogP contribution in [0.5, 0.6) is 0 Å². The van der Waals surface area contributed by atoms with Gasteiger partial charge in [0.25, 0.3) is 0 Å². The topological polar surface area (TPSA) is 15.3 Å². The maximum absolute atomic E-state index is 3.67. The second-order valence-corrected chi connectivity index (χ2v) is 9.16. The minimum absolute atomic E-state index is 0.630. The van der Waals surface area contributed by atoms with Gasteiger partial charge in [0.2, 0.25) is 0 Å². The van der Waals surface area contributed by atoms with E-state index < -0.39 is 0 Å². The minimum atomic E-state index is 0.630. The molecule has 0 bridgehead atoms. The Morgan fingerprint density at radius 3 is 2.45 bits per heavy atom. The number of halogens is 2. The van der Waals surface area contributed by atoms with Crippen LogP contribution in [0.25, 0.3) is 0 Å². The lowest BCUT2D eigenvalue weighted by Crippen LogP contribution is -2.47. The molecule has 1 aromatic rings. The first-order chi connectivity index (χ1) is 9.75. The summed E-state index contributed by atoms with van der Waals surface area (Å²) < 4.78 is 2.46. The standard InChI is InChI=1S/C15H22Br2N2S/c16-12-10-13(20-15(12)17)14(11-4-2-1-3-5-11)19-8-6-18-7-9-19/h10-11,14,18H,1-9H2/t14-/m1/s1. The Hall–Kier alpha value is 0.580. The van der Waals surface area contributed by atoms with Crippen LogP contribution in [0.15, 0.2) is 14.3 Å². The molecule has 0 aromatic carbocycles. The minimum Gasteiger partial charge on any atom is -0.314 e. The molecule has 20 heavy (non-hydrogen) atoms. The fourth-order valence-corrected chi connectivity index (χ4v) is 5.95. The van der Waals surface area contributed by atoms with Gasteiger partial charge in [-0.3, -0.25) is 4.90 Å². The molecule has 1 N–H and O–H groups in total. The quantitative estimate of drug-likeness (QED) is 0.753. The van der Waals surface area contributed by atoms with Gasteiger partial charge in [0, 0.05) is 41.6 Å². The van der Waals surface area contributed by atoms with Crippen molar-refractivity contribution in [1.82, 2.24) is 10.2 Å². The first-order valence-corrected chi connectivity index (χ1v) is 10.1. The Morgan fingerprint density at radius 2 is 1.85 bits per heavy atom. The number of piperazine rings is 1. The van der Waals surface area contributed by atoms with E-state index >= 15 is 0 Å². The van der Waals surface area contributed by atoms with E-state index in [0.717, 1.165) is 19.0 Å². The zero-order valence-corrected chi connectivity index (χ0v) is 15.7. The van der Waals surface area contributed by atoms with Crippen molar-refractivity contribution < 1.29 is 0 Å². The summed E-state index contributed by atoms with van der Waals surface area (Å²) in [4.78, 5) is 4.26. The van der Waals surface area contributed by atoms with E-state index in [1.165, 1.54) is 58.3 Å². The van der Waals surface area contributed by atoms with Crippen LogP contribution in [0.4, 0.5) is 0 Å². The molecular weight excluding hydrogens is 400 g/mol. The van der Waals surface area contributed by atoms with Gasteiger partial charge in [-0.2, -0.15) is 0 Å². The van der Waals surface area contributed by atoms with Gasteiger partial charge in [0.15, 0.2) is 0 Å². The molecule has 2 nitrogen and oxygen atoms in total. The smallest absolute Gasteiger partial charge is 0.0843 e. The fraction of sp³-hybridized carbons (Fsp3) is 0.733. The number of nitrogens with zero attached hydrogens (tertiary/aromatic N) is 1. The molecule has 1 saturated heterocycles. The third kappa shape index (κ3) is 3.49. The Kier molecular flexibility index (Phi) is 5.59. The molecule has 0 spiro atoms. The molecule has 2 fully saturated rings. The lowest BCUT2D eigenvalue weighted by atomic mass is 9.82. The number of rotatable bonds is 3. The highest BCUT2D eigenvalue weighted by Gasteiger charge is 2.32. The normalized spacial score (nSPS) is 23.9.